The summed E-state index contributed by atoms with van der Waals surface area (Å²) in [6, 6.07) is 10.1. The van der Waals surface area contributed by atoms with E-state index in [4.69, 9.17) is 4.74 Å². The zero-order chi connectivity index (χ0) is 12.0. The van der Waals surface area contributed by atoms with Gasteiger partial charge in [-0.15, -0.1) is 0 Å². The lowest BCUT2D eigenvalue weighted by Gasteiger charge is -2.25. The van der Waals surface area contributed by atoms with E-state index in [0.29, 0.717) is 13.2 Å². The van der Waals surface area contributed by atoms with Crippen molar-refractivity contribution in [2.45, 2.75) is 33.4 Å². The molecule has 0 unspecified atom stereocenters. The molecule has 3 heteroatoms. The second-order valence-corrected chi connectivity index (χ2v) is 3.91. The third kappa shape index (κ3) is 3.57. The van der Waals surface area contributed by atoms with E-state index in [0.717, 1.165) is 5.56 Å². The van der Waals surface area contributed by atoms with Gasteiger partial charge < -0.3 is 9.64 Å². The molecule has 0 aliphatic heterocycles. The van der Waals surface area contributed by atoms with Crippen LogP contribution in [-0.4, -0.2) is 23.6 Å². The summed E-state index contributed by atoms with van der Waals surface area (Å²) in [5, 5.41) is 0. The first-order valence-corrected chi connectivity index (χ1v) is 5.62. The predicted octanol–water partition coefficient (Wildman–Crippen LogP) is 3.05. The first kappa shape index (κ1) is 12.6. The van der Waals surface area contributed by atoms with Crippen LogP contribution in [0.4, 0.5) is 4.79 Å². The van der Waals surface area contributed by atoms with Gasteiger partial charge in [-0.05, 0) is 26.3 Å². The normalized spacial score (nSPS) is 10.2. The predicted molar refractivity (Wildman–Crippen MR) is 64.1 cm³/mol. The Morgan fingerprint density at radius 1 is 1.31 bits per heavy atom. The molecule has 1 amide bonds. The number of rotatable bonds is 4. The van der Waals surface area contributed by atoms with Crippen molar-refractivity contribution in [3.8, 4) is 0 Å². The van der Waals surface area contributed by atoms with Gasteiger partial charge in [-0.1, -0.05) is 30.3 Å². The van der Waals surface area contributed by atoms with E-state index in [9.17, 15) is 4.79 Å². The molecular weight excluding hydrogens is 202 g/mol. The van der Waals surface area contributed by atoms with Crippen LogP contribution in [0.25, 0.3) is 0 Å². The van der Waals surface area contributed by atoms with Crippen molar-refractivity contribution in [2.75, 3.05) is 6.61 Å². The number of hydrogen-bond donors (Lipinski definition) is 0. The van der Waals surface area contributed by atoms with Crippen molar-refractivity contribution in [3.05, 3.63) is 35.9 Å². The van der Waals surface area contributed by atoms with Gasteiger partial charge in [0.1, 0.15) is 0 Å². The molecule has 0 saturated heterocycles. The van der Waals surface area contributed by atoms with Gasteiger partial charge in [0.2, 0.25) is 0 Å². The topological polar surface area (TPSA) is 29.5 Å². The SMILES string of the molecule is CCOC(=O)N(Cc1ccccc1)C(C)C. The summed E-state index contributed by atoms with van der Waals surface area (Å²) in [6.07, 6.45) is -0.249. The van der Waals surface area contributed by atoms with E-state index in [-0.39, 0.29) is 12.1 Å². The van der Waals surface area contributed by atoms with Crippen LogP contribution in [0.3, 0.4) is 0 Å². The van der Waals surface area contributed by atoms with Gasteiger partial charge in [-0.2, -0.15) is 0 Å². The molecule has 0 aliphatic carbocycles. The second kappa shape index (κ2) is 6.16. The molecule has 0 aliphatic rings. The van der Waals surface area contributed by atoms with Gasteiger partial charge >= 0.3 is 6.09 Å². The fourth-order valence-corrected chi connectivity index (χ4v) is 1.44. The van der Waals surface area contributed by atoms with Crippen molar-refractivity contribution in [2.24, 2.45) is 0 Å². The molecule has 0 N–H and O–H groups in total. The van der Waals surface area contributed by atoms with Crippen LogP contribution in [0, 0.1) is 0 Å². The number of benzene rings is 1. The van der Waals surface area contributed by atoms with Gasteiger partial charge in [0.25, 0.3) is 0 Å². The van der Waals surface area contributed by atoms with Crippen LogP contribution in [0.5, 0.6) is 0 Å². The summed E-state index contributed by atoms with van der Waals surface area (Å²) >= 11 is 0. The van der Waals surface area contributed by atoms with Gasteiger partial charge in [-0.25, -0.2) is 4.79 Å². The number of carbonyl (C=O) groups excluding carboxylic acids is 1. The number of carbonyl (C=O) groups is 1. The zero-order valence-electron chi connectivity index (χ0n) is 10.1. The van der Waals surface area contributed by atoms with E-state index in [1.165, 1.54) is 0 Å². The van der Waals surface area contributed by atoms with Crippen LogP contribution < -0.4 is 0 Å². The number of amides is 1. The molecule has 1 aromatic rings. The Balaban J connectivity index is 2.69. The minimum atomic E-state index is -0.249. The van der Waals surface area contributed by atoms with Crippen LogP contribution in [0.15, 0.2) is 30.3 Å². The molecule has 88 valence electrons. The van der Waals surface area contributed by atoms with E-state index >= 15 is 0 Å². The summed E-state index contributed by atoms with van der Waals surface area (Å²) in [5.41, 5.74) is 1.12. The van der Waals surface area contributed by atoms with Gasteiger partial charge in [0.15, 0.2) is 0 Å². The first-order chi connectivity index (χ1) is 7.65. The highest BCUT2D eigenvalue weighted by Crippen LogP contribution is 2.09. The molecule has 0 heterocycles. The maximum absolute atomic E-state index is 11.7. The second-order valence-electron chi connectivity index (χ2n) is 3.91. The van der Waals surface area contributed by atoms with Crippen LogP contribution in [0.2, 0.25) is 0 Å². The van der Waals surface area contributed by atoms with E-state index in [1.54, 1.807) is 4.90 Å². The van der Waals surface area contributed by atoms with Crippen molar-refractivity contribution < 1.29 is 9.53 Å². The number of hydrogen-bond acceptors (Lipinski definition) is 2. The minimum absolute atomic E-state index is 0.138. The largest absolute Gasteiger partial charge is 0.450 e. The van der Waals surface area contributed by atoms with E-state index in [1.807, 2.05) is 51.1 Å². The summed E-state index contributed by atoms with van der Waals surface area (Å²) in [7, 11) is 0. The van der Waals surface area contributed by atoms with Gasteiger partial charge in [-0.3, -0.25) is 0 Å². The Morgan fingerprint density at radius 3 is 2.44 bits per heavy atom. The highest BCUT2D eigenvalue weighted by molar-refractivity contribution is 5.67. The zero-order valence-corrected chi connectivity index (χ0v) is 10.1. The van der Waals surface area contributed by atoms with Gasteiger partial charge in [0.05, 0.1) is 6.61 Å². The number of ether oxygens (including phenoxy) is 1. The molecule has 0 atom stereocenters. The highest BCUT2D eigenvalue weighted by Gasteiger charge is 2.17. The molecule has 0 aromatic heterocycles. The van der Waals surface area contributed by atoms with Crippen molar-refractivity contribution in [3.63, 3.8) is 0 Å². The molecule has 0 fully saturated rings. The van der Waals surface area contributed by atoms with Gasteiger partial charge in [0, 0.05) is 12.6 Å². The Morgan fingerprint density at radius 2 is 1.94 bits per heavy atom. The fourth-order valence-electron chi connectivity index (χ4n) is 1.44. The lowest BCUT2D eigenvalue weighted by atomic mass is 10.2. The Kier molecular flexibility index (Phi) is 4.83. The molecule has 1 aromatic carbocycles. The van der Waals surface area contributed by atoms with Crippen LogP contribution >= 0.6 is 0 Å². The summed E-state index contributed by atoms with van der Waals surface area (Å²) in [5.74, 6) is 0. The maximum atomic E-state index is 11.7. The standard InChI is InChI=1S/C13H19NO2/c1-4-16-13(15)14(11(2)3)10-12-8-6-5-7-9-12/h5-9,11H,4,10H2,1-3H3. The average Bonchev–Trinajstić information content (AvgIpc) is 2.27. The number of nitrogens with zero attached hydrogens (tertiary/aromatic N) is 1. The van der Waals surface area contributed by atoms with E-state index < -0.39 is 0 Å². The Hall–Kier alpha value is -1.51. The minimum Gasteiger partial charge on any atom is -0.450 e. The molecular formula is C13H19NO2. The molecule has 0 saturated carbocycles. The summed E-state index contributed by atoms with van der Waals surface area (Å²) < 4.78 is 5.02. The first-order valence-electron chi connectivity index (χ1n) is 5.62. The molecule has 0 radical (unpaired) electrons. The monoisotopic (exact) mass is 221 g/mol. The van der Waals surface area contributed by atoms with Crippen molar-refractivity contribution in [1.82, 2.24) is 4.90 Å². The quantitative estimate of drug-likeness (QED) is 0.782. The Bertz CT molecular complexity index is 322. The lowest BCUT2D eigenvalue weighted by Crippen LogP contribution is -2.36. The van der Waals surface area contributed by atoms with Crippen LogP contribution in [-0.2, 0) is 11.3 Å². The van der Waals surface area contributed by atoms with Crippen LogP contribution in [0.1, 0.15) is 26.3 Å². The van der Waals surface area contributed by atoms with Crippen molar-refractivity contribution in [1.29, 1.82) is 0 Å². The molecule has 1 rings (SSSR count). The molecule has 0 bridgehead atoms. The summed E-state index contributed by atoms with van der Waals surface area (Å²) in [4.78, 5) is 13.4. The molecule has 16 heavy (non-hydrogen) atoms. The summed E-state index contributed by atoms with van der Waals surface area (Å²) in [6.45, 7) is 6.80. The highest BCUT2D eigenvalue weighted by atomic mass is 16.6. The molecule has 0 spiro atoms. The average molecular weight is 221 g/mol. The van der Waals surface area contributed by atoms with E-state index in [2.05, 4.69) is 0 Å². The lowest BCUT2D eigenvalue weighted by molar-refractivity contribution is 0.0930. The maximum Gasteiger partial charge on any atom is 0.410 e. The third-order valence-corrected chi connectivity index (χ3v) is 2.32. The van der Waals surface area contributed by atoms with Crippen molar-refractivity contribution >= 4 is 6.09 Å². The third-order valence-electron chi connectivity index (χ3n) is 2.32. The fraction of sp³-hybridized carbons (Fsp3) is 0.462. The Labute approximate surface area is 97.0 Å². The smallest absolute Gasteiger partial charge is 0.410 e. The molecule has 3 nitrogen and oxygen atoms in total.